The molecule has 8 heteroatoms. The van der Waals surface area contributed by atoms with Crippen molar-refractivity contribution in [2.75, 3.05) is 19.8 Å². The summed E-state index contributed by atoms with van der Waals surface area (Å²) in [6, 6.07) is 14.5. The first kappa shape index (κ1) is 19.9. The number of fused-ring (bicyclic) bond motifs is 1. The smallest absolute Gasteiger partial charge is 0.408 e. The van der Waals surface area contributed by atoms with Gasteiger partial charge in [0.15, 0.2) is 5.58 Å². The van der Waals surface area contributed by atoms with Crippen LogP contribution in [-0.4, -0.2) is 32.7 Å². The van der Waals surface area contributed by atoms with Crippen molar-refractivity contribution >= 4 is 21.1 Å². The molecule has 154 valence electrons. The van der Waals surface area contributed by atoms with Crippen molar-refractivity contribution in [3.05, 3.63) is 64.6 Å². The Kier molecular flexibility index (Phi) is 5.33. The second-order valence-electron chi connectivity index (χ2n) is 7.33. The van der Waals surface area contributed by atoms with Gasteiger partial charge in [0.25, 0.3) is 0 Å². The molecule has 2 heterocycles. The maximum Gasteiger partial charge on any atom is 0.419 e. The Labute approximate surface area is 169 Å². The van der Waals surface area contributed by atoms with Crippen LogP contribution >= 0.6 is 0 Å². The fourth-order valence-corrected chi connectivity index (χ4v) is 5.09. The van der Waals surface area contributed by atoms with Gasteiger partial charge in [0.2, 0.25) is 10.0 Å². The zero-order chi connectivity index (χ0) is 20.5. The van der Waals surface area contributed by atoms with Crippen molar-refractivity contribution in [2.24, 2.45) is 0 Å². The third-order valence-electron chi connectivity index (χ3n) is 5.70. The van der Waals surface area contributed by atoms with Crippen molar-refractivity contribution in [3.63, 3.8) is 0 Å². The molecule has 29 heavy (non-hydrogen) atoms. The molecule has 0 radical (unpaired) electrons. The van der Waals surface area contributed by atoms with Gasteiger partial charge in [0, 0.05) is 37.8 Å². The highest BCUT2D eigenvalue weighted by molar-refractivity contribution is 7.89. The van der Waals surface area contributed by atoms with E-state index in [2.05, 4.69) is 4.72 Å². The molecule has 0 spiro atoms. The molecule has 1 saturated heterocycles. The number of benzene rings is 2. The molecule has 3 aromatic rings. The molecule has 0 aliphatic carbocycles. The van der Waals surface area contributed by atoms with E-state index in [1.807, 2.05) is 37.3 Å². The van der Waals surface area contributed by atoms with Gasteiger partial charge in [-0.05, 0) is 37.5 Å². The summed E-state index contributed by atoms with van der Waals surface area (Å²) in [6.07, 6.45) is 1.49. The standard InChI is InChI=1S/C21H24N2O5S/c1-2-23-18-9-8-17(14-19(18)28-20(23)24)29(25,26)22-15-21(10-12-27-13-11-21)16-6-4-3-5-7-16/h3-9,14,22H,2,10-13,15H2,1H3. The van der Waals surface area contributed by atoms with Crippen LogP contribution in [0.4, 0.5) is 0 Å². The lowest BCUT2D eigenvalue weighted by atomic mass is 9.74. The largest absolute Gasteiger partial charge is 0.419 e. The van der Waals surface area contributed by atoms with Gasteiger partial charge in [-0.1, -0.05) is 30.3 Å². The lowest BCUT2D eigenvalue weighted by Crippen LogP contribution is -2.44. The number of sulfonamides is 1. The first-order valence-electron chi connectivity index (χ1n) is 9.71. The average Bonchev–Trinajstić information content (AvgIpc) is 3.07. The van der Waals surface area contributed by atoms with E-state index in [9.17, 15) is 13.2 Å². The van der Waals surface area contributed by atoms with Crippen molar-refractivity contribution in [3.8, 4) is 0 Å². The predicted molar refractivity (Wildman–Crippen MR) is 110 cm³/mol. The Morgan fingerprint density at radius 3 is 2.52 bits per heavy atom. The van der Waals surface area contributed by atoms with E-state index < -0.39 is 15.8 Å². The zero-order valence-corrected chi connectivity index (χ0v) is 17.1. The summed E-state index contributed by atoms with van der Waals surface area (Å²) in [7, 11) is -3.77. The van der Waals surface area contributed by atoms with E-state index in [0.29, 0.717) is 25.3 Å². The van der Waals surface area contributed by atoms with Crippen LogP contribution < -0.4 is 10.5 Å². The maximum absolute atomic E-state index is 13.0. The minimum atomic E-state index is -3.77. The summed E-state index contributed by atoms with van der Waals surface area (Å²) in [5.41, 5.74) is 1.65. The summed E-state index contributed by atoms with van der Waals surface area (Å²) in [5, 5.41) is 0. The third kappa shape index (κ3) is 3.75. The molecule has 0 amide bonds. The summed E-state index contributed by atoms with van der Waals surface area (Å²) >= 11 is 0. The summed E-state index contributed by atoms with van der Waals surface area (Å²) in [4.78, 5) is 12.0. The molecule has 0 saturated carbocycles. The number of hydrogen-bond acceptors (Lipinski definition) is 5. The Bertz CT molecular complexity index is 1160. The molecular formula is C21H24N2O5S. The van der Waals surface area contributed by atoms with Gasteiger partial charge in [-0.25, -0.2) is 17.9 Å². The van der Waals surface area contributed by atoms with Crippen LogP contribution in [-0.2, 0) is 26.7 Å². The molecule has 1 aliphatic rings. The van der Waals surface area contributed by atoms with Gasteiger partial charge in [-0.15, -0.1) is 0 Å². The fraction of sp³-hybridized carbons (Fsp3) is 0.381. The van der Waals surface area contributed by atoms with E-state index in [4.69, 9.17) is 9.15 Å². The van der Waals surface area contributed by atoms with Crippen LogP contribution in [0, 0.1) is 0 Å². The molecule has 4 rings (SSSR count). The van der Waals surface area contributed by atoms with Crippen LogP contribution in [0.1, 0.15) is 25.3 Å². The molecular weight excluding hydrogens is 392 g/mol. The first-order chi connectivity index (χ1) is 14.0. The van der Waals surface area contributed by atoms with Crippen molar-refractivity contribution in [1.82, 2.24) is 9.29 Å². The number of ether oxygens (including phenoxy) is 1. The van der Waals surface area contributed by atoms with E-state index in [1.54, 1.807) is 6.07 Å². The molecule has 1 fully saturated rings. The molecule has 1 aromatic heterocycles. The van der Waals surface area contributed by atoms with Gasteiger partial charge < -0.3 is 9.15 Å². The molecule has 0 atom stereocenters. The van der Waals surface area contributed by atoms with E-state index in [0.717, 1.165) is 18.4 Å². The Balaban J connectivity index is 1.62. The SMILES string of the molecule is CCn1c(=O)oc2cc(S(=O)(=O)NCC3(c4ccccc4)CCOCC3)ccc21. The van der Waals surface area contributed by atoms with Gasteiger partial charge in [-0.2, -0.15) is 0 Å². The molecule has 0 unspecified atom stereocenters. The Hall–Kier alpha value is -2.42. The van der Waals surface area contributed by atoms with Crippen molar-refractivity contribution < 1.29 is 17.6 Å². The number of nitrogens with one attached hydrogen (secondary N) is 1. The minimum absolute atomic E-state index is 0.0808. The number of aromatic nitrogens is 1. The topological polar surface area (TPSA) is 90.5 Å². The van der Waals surface area contributed by atoms with E-state index in [1.165, 1.54) is 16.7 Å². The highest BCUT2D eigenvalue weighted by atomic mass is 32.2. The second-order valence-corrected chi connectivity index (χ2v) is 9.09. The van der Waals surface area contributed by atoms with Crippen LogP contribution in [0.5, 0.6) is 0 Å². The number of oxazole rings is 1. The summed E-state index contributed by atoms with van der Waals surface area (Å²) in [6.45, 7) is 3.76. The minimum Gasteiger partial charge on any atom is -0.408 e. The number of nitrogens with zero attached hydrogens (tertiary/aromatic N) is 1. The van der Waals surface area contributed by atoms with Crippen LogP contribution in [0.25, 0.3) is 11.1 Å². The van der Waals surface area contributed by atoms with Crippen molar-refractivity contribution in [1.29, 1.82) is 0 Å². The lowest BCUT2D eigenvalue weighted by molar-refractivity contribution is 0.0517. The molecule has 0 bridgehead atoms. The number of aryl methyl sites for hydroxylation is 1. The van der Waals surface area contributed by atoms with Gasteiger partial charge in [0.1, 0.15) is 0 Å². The van der Waals surface area contributed by atoms with Gasteiger partial charge in [-0.3, -0.25) is 4.57 Å². The molecule has 7 nitrogen and oxygen atoms in total. The van der Waals surface area contributed by atoms with Gasteiger partial charge in [0.05, 0.1) is 10.4 Å². The normalized spacial score (nSPS) is 16.9. The number of hydrogen-bond donors (Lipinski definition) is 1. The Morgan fingerprint density at radius 1 is 1.10 bits per heavy atom. The molecule has 1 aliphatic heterocycles. The van der Waals surface area contributed by atoms with E-state index in [-0.39, 0.29) is 22.4 Å². The first-order valence-corrected chi connectivity index (χ1v) is 11.2. The maximum atomic E-state index is 13.0. The van der Waals surface area contributed by atoms with Crippen LogP contribution in [0.15, 0.2) is 62.6 Å². The summed E-state index contributed by atoms with van der Waals surface area (Å²) < 4.78 is 40.9. The predicted octanol–water partition coefficient (Wildman–Crippen LogP) is 2.64. The van der Waals surface area contributed by atoms with E-state index >= 15 is 0 Å². The van der Waals surface area contributed by atoms with Crippen LogP contribution in [0.3, 0.4) is 0 Å². The highest BCUT2D eigenvalue weighted by Gasteiger charge is 2.35. The summed E-state index contributed by atoms with van der Waals surface area (Å²) in [5.74, 6) is -0.491. The quantitative estimate of drug-likeness (QED) is 0.667. The zero-order valence-electron chi connectivity index (χ0n) is 16.3. The van der Waals surface area contributed by atoms with Gasteiger partial charge >= 0.3 is 5.76 Å². The molecule has 1 N–H and O–H groups in total. The average molecular weight is 416 g/mol. The monoisotopic (exact) mass is 416 g/mol. The van der Waals surface area contributed by atoms with Crippen molar-refractivity contribution in [2.45, 2.75) is 36.6 Å². The lowest BCUT2D eigenvalue weighted by Gasteiger charge is -2.37. The Morgan fingerprint density at radius 2 is 1.83 bits per heavy atom. The highest BCUT2D eigenvalue weighted by Crippen LogP contribution is 2.34. The number of rotatable bonds is 6. The third-order valence-corrected chi connectivity index (χ3v) is 7.10. The fourth-order valence-electron chi connectivity index (χ4n) is 3.95. The van der Waals surface area contributed by atoms with Crippen LogP contribution in [0.2, 0.25) is 0 Å². The molecule has 2 aromatic carbocycles. The second kappa shape index (κ2) is 7.78.